The molecule has 19 heavy (non-hydrogen) atoms. The van der Waals surface area contributed by atoms with Gasteiger partial charge < -0.3 is 10.6 Å². The standard InChI is InChI=1S/C12H17F3N4/c1-2-8-3-5-19(6-4-8)10-7-9(12(13,14)15)17-11(16)18-10/h7-8H,2-6H2,1H3,(H2,16,17,18). The lowest BCUT2D eigenvalue weighted by molar-refractivity contribution is -0.141. The van der Waals surface area contributed by atoms with Crippen molar-refractivity contribution in [3.8, 4) is 0 Å². The first-order valence-corrected chi connectivity index (χ1v) is 6.37. The molecular formula is C12H17F3N4. The Kier molecular flexibility index (Phi) is 3.82. The normalized spacial score (nSPS) is 17.8. The van der Waals surface area contributed by atoms with Gasteiger partial charge in [0.2, 0.25) is 5.95 Å². The number of nitrogen functional groups attached to an aromatic ring is 1. The van der Waals surface area contributed by atoms with Gasteiger partial charge in [-0.2, -0.15) is 18.2 Å². The highest BCUT2D eigenvalue weighted by atomic mass is 19.4. The minimum atomic E-state index is -4.49. The lowest BCUT2D eigenvalue weighted by Crippen LogP contribution is -2.34. The lowest BCUT2D eigenvalue weighted by Gasteiger charge is -2.32. The lowest BCUT2D eigenvalue weighted by atomic mass is 9.94. The molecule has 4 nitrogen and oxygen atoms in total. The number of hydrogen-bond donors (Lipinski definition) is 1. The summed E-state index contributed by atoms with van der Waals surface area (Å²) in [7, 11) is 0. The van der Waals surface area contributed by atoms with Gasteiger partial charge in [0.05, 0.1) is 0 Å². The highest BCUT2D eigenvalue weighted by molar-refractivity contribution is 5.44. The molecule has 1 aromatic heterocycles. The Balaban J connectivity index is 2.19. The smallest absolute Gasteiger partial charge is 0.368 e. The van der Waals surface area contributed by atoms with Gasteiger partial charge in [0, 0.05) is 19.2 Å². The van der Waals surface area contributed by atoms with Crippen molar-refractivity contribution in [3.05, 3.63) is 11.8 Å². The minimum Gasteiger partial charge on any atom is -0.368 e. The molecule has 1 aliphatic heterocycles. The average Bonchev–Trinajstić information content (AvgIpc) is 2.37. The molecule has 0 aliphatic carbocycles. The van der Waals surface area contributed by atoms with Crippen molar-refractivity contribution in [2.75, 3.05) is 23.7 Å². The van der Waals surface area contributed by atoms with Gasteiger partial charge in [0.15, 0.2) is 5.69 Å². The molecule has 0 atom stereocenters. The van der Waals surface area contributed by atoms with E-state index in [2.05, 4.69) is 16.9 Å². The molecule has 0 amide bonds. The minimum absolute atomic E-state index is 0.273. The zero-order valence-electron chi connectivity index (χ0n) is 10.7. The van der Waals surface area contributed by atoms with Crippen LogP contribution < -0.4 is 10.6 Å². The summed E-state index contributed by atoms with van der Waals surface area (Å²) in [5, 5.41) is 0. The van der Waals surface area contributed by atoms with Crippen LogP contribution in [0.5, 0.6) is 0 Å². The molecular weight excluding hydrogens is 257 g/mol. The number of aromatic nitrogens is 2. The second-order valence-corrected chi connectivity index (χ2v) is 4.81. The van der Waals surface area contributed by atoms with Crippen LogP contribution in [0.1, 0.15) is 31.9 Å². The second-order valence-electron chi connectivity index (χ2n) is 4.81. The molecule has 1 aromatic rings. The first-order chi connectivity index (χ1) is 8.90. The monoisotopic (exact) mass is 274 g/mol. The van der Waals surface area contributed by atoms with Crippen LogP contribution in [0, 0.1) is 5.92 Å². The SMILES string of the molecule is CCC1CCN(c2cc(C(F)(F)F)nc(N)n2)CC1. The Bertz CT molecular complexity index is 439. The van der Waals surface area contributed by atoms with Crippen molar-refractivity contribution in [2.24, 2.45) is 5.92 Å². The second kappa shape index (κ2) is 5.22. The molecule has 7 heteroatoms. The van der Waals surface area contributed by atoms with Crippen LogP contribution in [-0.4, -0.2) is 23.1 Å². The Morgan fingerprint density at radius 2 is 1.95 bits per heavy atom. The van der Waals surface area contributed by atoms with Crippen LogP contribution in [0.25, 0.3) is 0 Å². The molecule has 0 saturated carbocycles. The van der Waals surface area contributed by atoms with E-state index in [1.54, 1.807) is 0 Å². The molecule has 106 valence electrons. The van der Waals surface area contributed by atoms with Gasteiger partial charge in [-0.3, -0.25) is 0 Å². The third-order valence-corrected chi connectivity index (χ3v) is 3.54. The van der Waals surface area contributed by atoms with Gasteiger partial charge in [-0.1, -0.05) is 13.3 Å². The molecule has 1 saturated heterocycles. The third kappa shape index (κ3) is 3.27. The number of halogens is 3. The number of piperidine rings is 1. The quantitative estimate of drug-likeness (QED) is 0.901. The van der Waals surface area contributed by atoms with Crippen LogP contribution in [0.3, 0.4) is 0 Å². The van der Waals surface area contributed by atoms with E-state index in [0.29, 0.717) is 19.0 Å². The van der Waals surface area contributed by atoms with Gasteiger partial charge in [0.25, 0.3) is 0 Å². The number of nitrogens with two attached hydrogens (primary N) is 1. The van der Waals surface area contributed by atoms with Gasteiger partial charge in [-0.05, 0) is 18.8 Å². The maximum absolute atomic E-state index is 12.7. The molecule has 0 radical (unpaired) electrons. The van der Waals surface area contributed by atoms with E-state index in [4.69, 9.17) is 5.73 Å². The number of alkyl halides is 3. The first kappa shape index (κ1) is 13.9. The fourth-order valence-corrected chi connectivity index (χ4v) is 2.33. The van der Waals surface area contributed by atoms with Crippen LogP contribution in [0.15, 0.2) is 6.07 Å². The van der Waals surface area contributed by atoms with E-state index in [9.17, 15) is 13.2 Å². The molecule has 1 fully saturated rings. The van der Waals surface area contributed by atoms with Crippen LogP contribution in [-0.2, 0) is 6.18 Å². The van der Waals surface area contributed by atoms with E-state index in [0.717, 1.165) is 25.3 Å². The molecule has 0 unspecified atom stereocenters. The van der Waals surface area contributed by atoms with Crippen LogP contribution >= 0.6 is 0 Å². The van der Waals surface area contributed by atoms with Crippen molar-refractivity contribution < 1.29 is 13.2 Å². The van der Waals surface area contributed by atoms with Gasteiger partial charge in [-0.15, -0.1) is 0 Å². The maximum Gasteiger partial charge on any atom is 0.433 e. The number of hydrogen-bond acceptors (Lipinski definition) is 4. The summed E-state index contributed by atoms with van der Waals surface area (Å²) in [6.07, 6.45) is -1.44. The fourth-order valence-electron chi connectivity index (χ4n) is 2.33. The van der Waals surface area contributed by atoms with E-state index < -0.39 is 11.9 Å². The summed E-state index contributed by atoms with van der Waals surface area (Å²) < 4.78 is 38.0. The topological polar surface area (TPSA) is 55.0 Å². The average molecular weight is 274 g/mol. The summed E-state index contributed by atoms with van der Waals surface area (Å²) in [5.74, 6) is 0.592. The maximum atomic E-state index is 12.7. The molecule has 2 heterocycles. The Morgan fingerprint density at radius 3 is 2.47 bits per heavy atom. The largest absolute Gasteiger partial charge is 0.433 e. The number of nitrogens with zero attached hydrogens (tertiary/aromatic N) is 3. The van der Waals surface area contributed by atoms with Crippen molar-refractivity contribution in [1.29, 1.82) is 0 Å². The van der Waals surface area contributed by atoms with E-state index in [1.165, 1.54) is 0 Å². The molecule has 1 aliphatic rings. The number of rotatable bonds is 2. The summed E-state index contributed by atoms with van der Waals surface area (Å²) in [4.78, 5) is 9.01. The van der Waals surface area contributed by atoms with E-state index >= 15 is 0 Å². The van der Waals surface area contributed by atoms with Crippen LogP contribution in [0.2, 0.25) is 0 Å². The highest BCUT2D eigenvalue weighted by Crippen LogP contribution is 2.31. The predicted octanol–water partition coefficient (Wildman–Crippen LogP) is 2.70. The van der Waals surface area contributed by atoms with Gasteiger partial charge in [0.1, 0.15) is 5.82 Å². The summed E-state index contributed by atoms with van der Waals surface area (Å²) in [5.41, 5.74) is 4.39. The van der Waals surface area contributed by atoms with E-state index in [-0.39, 0.29) is 11.8 Å². The molecule has 0 spiro atoms. The van der Waals surface area contributed by atoms with Crippen molar-refractivity contribution in [3.63, 3.8) is 0 Å². The molecule has 0 aromatic carbocycles. The third-order valence-electron chi connectivity index (χ3n) is 3.54. The van der Waals surface area contributed by atoms with Crippen LogP contribution in [0.4, 0.5) is 24.9 Å². The Morgan fingerprint density at radius 1 is 1.32 bits per heavy atom. The van der Waals surface area contributed by atoms with Crippen molar-refractivity contribution in [1.82, 2.24) is 9.97 Å². The zero-order valence-corrected chi connectivity index (χ0v) is 10.7. The molecule has 2 rings (SSSR count). The summed E-state index contributed by atoms with van der Waals surface area (Å²) in [6.45, 7) is 3.56. The fraction of sp³-hybridized carbons (Fsp3) is 0.667. The molecule has 2 N–H and O–H groups in total. The summed E-state index contributed by atoms with van der Waals surface area (Å²) in [6, 6.07) is 0.975. The Labute approximate surface area is 109 Å². The molecule has 0 bridgehead atoms. The number of anilines is 2. The van der Waals surface area contributed by atoms with Crippen molar-refractivity contribution >= 4 is 11.8 Å². The highest BCUT2D eigenvalue weighted by Gasteiger charge is 2.34. The predicted molar refractivity (Wildman–Crippen MR) is 66.7 cm³/mol. The summed E-state index contributed by atoms with van der Waals surface area (Å²) >= 11 is 0. The zero-order chi connectivity index (χ0) is 14.0. The van der Waals surface area contributed by atoms with E-state index in [1.807, 2.05) is 4.90 Å². The van der Waals surface area contributed by atoms with Gasteiger partial charge >= 0.3 is 6.18 Å². The Hall–Kier alpha value is -1.53. The first-order valence-electron chi connectivity index (χ1n) is 6.37. The van der Waals surface area contributed by atoms with Gasteiger partial charge in [-0.25, -0.2) is 4.98 Å². The van der Waals surface area contributed by atoms with Crippen molar-refractivity contribution in [2.45, 2.75) is 32.4 Å².